The highest BCUT2D eigenvalue weighted by molar-refractivity contribution is 5.75. The number of imidazole rings is 1. The van der Waals surface area contributed by atoms with Crippen LogP contribution in [0.5, 0.6) is 0 Å². The minimum atomic E-state index is -0.170. The maximum absolute atomic E-state index is 11.6. The minimum absolute atomic E-state index is 0.0603. The van der Waals surface area contributed by atoms with E-state index in [1.165, 1.54) is 10.6 Å². The zero-order valence-corrected chi connectivity index (χ0v) is 10.5. The molecule has 6 heteroatoms. The van der Waals surface area contributed by atoms with Crippen molar-refractivity contribution in [3.63, 3.8) is 0 Å². The summed E-state index contributed by atoms with van der Waals surface area (Å²) in [4.78, 5) is 27.0. The Bertz CT molecular complexity index is 574. The maximum atomic E-state index is 11.6. The molecule has 0 saturated heterocycles. The van der Waals surface area contributed by atoms with Crippen LogP contribution in [0.3, 0.4) is 0 Å². The Morgan fingerprint density at radius 3 is 2.95 bits per heavy atom. The third-order valence-corrected chi connectivity index (χ3v) is 2.69. The second-order valence-electron chi connectivity index (χ2n) is 4.17. The van der Waals surface area contributed by atoms with Gasteiger partial charge in [-0.25, -0.2) is 4.98 Å². The Hall–Kier alpha value is -2.37. The number of carbonyl (C=O) groups excluding carboxylic acids is 1. The standard InChI is InChI=1S/C13H16N4O2/c18-12(10-17-8-2-1-4-13(17)19)15-5-3-7-16-9-6-14-11-16/h1-2,4,6,8-9,11H,3,5,7,10H2,(H,15,18). The smallest absolute Gasteiger partial charge is 0.250 e. The normalized spacial score (nSPS) is 10.3. The van der Waals surface area contributed by atoms with Crippen molar-refractivity contribution in [3.05, 3.63) is 53.5 Å². The van der Waals surface area contributed by atoms with Crippen molar-refractivity contribution in [2.75, 3.05) is 6.54 Å². The maximum Gasteiger partial charge on any atom is 0.250 e. The average Bonchev–Trinajstić information content (AvgIpc) is 2.91. The molecule has 2 aromatic heterocycles. The van der Waals surface area contributed by atoms with Gasteiger partial charge in [-0.3, -0.25) is 9.59 Å². The lowest BCUT2D eigenvalue weighted by atomic mass is 10.4. The van der Waals surface area contributed by atoms with Gasteiger partial charge in [0.15, 0.2) is 0 Å². The molecule has 0 bridgehead atoms. The molecule has 0 unspecified atom stereocenters. The first-order valence-corrected chi connectivity index (χ1v) is 6.13. The van der Waals surface area contributed by atoms with Crippen LogP contribution >= 0.6 is 0 Å². The first-order valence-electron chi connectivity index (χ1n) is 6.13. The van der Waals surface area contributed by atoms with E-state index >= 15 is 0 Å². The van der Waals surface area contributed by atoms with Crippen LogP contribution in [0.2, 0.25) is 0 Å². The Kier molecular flexibility index (Phi) is 4.49. The summed E-state index contributed by atoms with van der Waals surface area (Å²) >= 11 is 0. The number of aromatic nitrogens is 3. The van der Waals surface area contributed by atoms with Crippen molar-refractivity contribution in [3.8, 4) is 0 Å². The summed E-state index contributed by atoms with van der Waals surface area (Å²) in [7, 11) is 0. The molecule has 0 aliphatic rings. The number of hydrogen-bond donors (Lipinski definition) is 1. The van der Waals surface area contributed by atoms with Gasteiger partial charge in [-0.1, -0.05) is 6.07 Å². The molecule has 19 heavy (non-hydrogen) atoms. The highest BCUT2D eigenvalue weighted by Crippen LogP contribution is 1.89. The quantitative estimate of drug-likeness (QED) is 0.757. The number of nitrogens with zero attached hydrogens (tertiary/aromatic N) is 3. The van der Waals surface area contributed by atoms with Gasteiger partial charge < -0.3 is 14.5 Å². The van der Waals surface area contributed by atoms with E-state index < -0.39 is 0 Å². The molecule has 6 nitrogen and oxygen atoms in total. The van der Waals surface area contributed by atoms with E-state index in [1.54, 1.807) is 30.9 Å². The highest BCUT2D eigenvalue weighted by atomic mass is 16.2. The average molecular weight is 260 g/mol. The summed E-state index contributed by atoms with van der Waals surface area (Å²) in [6, 6.07) is 4.82. The Balaban J connectivity index is 1.70. The zero-order chi connectivity index (χ0) is 13.5. The molecule has 2 heterocycles. The SMILES string of the molecule is O=C(Cn1ccccc1=O)NCCCn1ccnc1. The van der Waals surface area contributed by atoms with Gasteiger partial charge in [0.2, 0.25) is 5.91 Å². The highest BCUT2D eigenvalue weighted by Gasteiger charge is 2.02. The second kappa shape index (κ2) is 6.53. The topological polar surface area (TPSA) is 68.9 Å². The molecule has 0 radical (unpaired) electrons. The molecule has 0 aliphatic carbocycles. The van der Waals surface area contributed by atoms with E-state index in [9.17, 15) is 9.59 Å². The first-order chi connectivity index (χ1) is 9.25. The van der Waals surface area contributed by atoms with Crippen molar-refractivity contribution in [1.82, 2.24) is 19.4 Å². The van der Waals surface area contributed by atoms with E-state index in [1.807, 2.05) is 10.8 Å². The van der Waals surface area contributed by atoms with Gasteiger partial charge in [0, 0.05) is 37.7 Å². The van der Waals surface area contributed by atoms with Crippen LogP contribution in [-0.2, 0) is 17.9 Å². The largest absolute Gasteiger partial charge is 0.354 e. The molecule has 0 fully saturated rings. The molecular weight excluding hydrogens is 244 g/mol. The number of hydrogen-bond acceptors (Lipinski definition) is 3. The van der Waals surface area contributed by atoms with Crippen molar-refractivity contribution in [1.29, 1.82) is 0 Å². The van der Waals surface area contributed by atoms with Gasteiger partial charge >= 0.3 is 0 Å². The van der Waals surface area contributed by atoms with Gasteiger partial charge in [0.1, 0.15) is 6.54 Å². The van der Waals surface area contributed by atoms with E-state index in [0.717, 1.165) is 13.0 Å². The summed E-state index contributed by atoms with van der Waals surface area (Å²) in [6.07, 6.45) is 7.77. The lowest BCUT2D eigenvalue weighted by Crippen LogP contribution is -2.32. The first kappa shape index (κ1) is 13.1. The summed E-state index contributed by atoms with van der Waals surface area (Å²) < 4.78 is 3.33. The van der Waals surface area contributed by atoms with Crippen LogP contribution in [0.25, 0.3) is 0 Å². The molecule has 0 aromatic carbocycles. The van der Waals surface area contributed by atoms with Crippen molar-refractivity contribution >= 4 is 5.91 Å². The Morgan fingerprint density at radius 1 is 1.32 bits per heavy atom. The Morgan fingerprint density at radius 2 is 2.21 bits per heavy atom. The van der Waals surface area contributed by atoms with Crippen LogP contribution in [0, 0.1) is 0 Å². The predicted molar refractivity (Wildman–Crippen MR) is 70.6 cm³/mol. The van der Waals surface area contributed by atoms with E-state index in [4.69, 9.17) is 0 Å². The van der Waals surface area contributed by atoms with Crippen molar-refractivity contribution in [2.24, 2.45) is 0 Å². The third kappa shape index (κ3) is 4.09. The summed E-state index contributed by atoms with van der Waals surface area (Å²) in [5.41, 5.74) is -0.170. The van der Waals surface area contributed by atoms with Crippen LogP contribution in [0.15, 0.2) is 47.9 Å². The number of rotatable bonds is 6. The second-order valence-corrected chi connectivity index (χ2v) is 4.17. The van der Waals surface area contributed by atoms with Crippen molar-refractivity contribution < 1.29 is 4.79 Å². The fraction of sp³-hybridized carbons (Fsp3) is 0.308. The van der Waals surface area contributed by atoms with Crippen LogP contribution in [-0.4, -0.2) is 26.6 Å². The Labute approximate surface area is 110 Å². The van der Waals surface area contributed by atoms with Gasteiger partial charge in [0.25, 0.3) is 5.56 Å². The molecule has 0 spiro atoms. The van der Waals surface area contributed by atoms with E-state index in [0.29, 0.717) is 6.54 Å². The summed E-state index contributed by atoms with van der Waals surface area (Å²) in [6.45, 7) is 1.45. The molecule has 1 N–H and O–H groups in total. The number of aryl methyl sites for hydroxylation is 1. The molecular formula is C13H16N4O2. The van der Waals surface area contributed by atoms with Gasteiger partial charge in [-0.2, -0.15) is 0 Å². The molecule has 0 saturated carbocycles. The number of pyridine rings is 1. The molecule has 0 atom stereocenters. The van der Waals surface area contributed by atoms with Gasteiger partial charge in [-0.15, -0.1) is 0 Å². The minimum Gasteiger partial charge on any atom is -0.354 e. The van der Waals surface area contributed by atoms with Gasteiger partial charge in [0.05, 0.1) is 6.33 Å². The molecule has 100 valence electrons. The third-order valence-electron chi connectivity index (χ3n) is 2.69. The number of carbonyl (C=O) groups is 1. The summed E-state index contributed by atoms with van der Waals surface area (Å²) in [5, 5.41) is 2.79. The predicted octanol–water partition coefficient (Wildman–Crippen LogP) is 0.251. The van der Waals surface area contributed by atoms with Crippen LogP contribution in [0.1, 0.15) is 6.42 Å². The number of nitrogens with one attached hydrogen (secondary N) is 1. The molecule has 1 amide bonds. The zero-order valence-electron chi connectivity index (χ0n) is 10.5. The number of amides is 1. The monoisotopic (exact) mass is 260 g/mol. The van der Waals surface area contributed by atoms with E-state index in [2.05, 4.69) is 10.3 Å². The lowest BCUT2D eigenvalue weighted by molar-refractivity contribution is -0.121. The van der Waals surface area contributed by atoms with Gasteiger partial charge in [-0.05, 0) is 12.5 Å². The molecule has 2 aromatic rings. The lowest BCUT2D eigenvalue weighted by Gasteiger charge is -2.07. The van der Waals surface area contributed by atoms with Crippen LogP contribution in [0.4, 0.5) is 0 Å². The summed E-state index contributed by atoms with van der Waals surface area (Å²) in [5.74, 6) is -0.154. The fourth-order valence-corrected chi connectivity index (χ4v) is 1.71. The van der Waals surface area contributed by atoms with E-state index in [-0.39, 0.29) is 18.0 Å². The fourth-order valence-electron chi connectivity index (χ4n) is 1.71. The van der Waals surface area contributed by atoms with Crippen molar-refractivity contribution in [2.45, 2.75) is 19.5 Å². The molecule has 0 aliphatic heterocycles. The molecule has 2 rings (SSSR count). The van der Waals surface area contributed by atoms with Crippen LogP contribution < -0.4 is 10.9 Å².